The molecule has 1 atom stereocenters. The van der Waals surface area contributed by atoms with Gasteiger partial charge in [0.15, 0.2) is 11.5 Å². The summed E-state index contributed by atoms with van der Waals surface area (Å²) in [5.41, 5.74) is 0.0457. The van der Waals surface area contributed by atoms with Gasteiger partial charge in [-0.15, -0.1) is 0 Å². The molecule has 0 saturated heterocycles. The summed E-state index contributed by atoms with van der Waals surface area (Å²) < 4.78 is 1.94. The molecule has 1 aliphatic rings. The Balaban J connectivity index is 1.72. The largest absolute Gasteiger partial charge is 0.477 e. The van der Waals surface area contributed by atoms with Gasteiger partial charge in [-0.25, -0.2) is 19.4 Å². The van der Waals surface area contributed by atoms with Crippen LogP contribution < -0.4 is 5.32 Å². The Bertz CT molecular complexity index is 695. The zero-order chi connectivity index (χ0) is 15.7. The maximum absolute atomic E-state index is 11.0. The second kappa shape index (κ2) is 5.75. The van der Waals surface area contributed by atoms with Gasteiger partial charge in [-0.05, 0) is 18.6 Å². The van der Waals surface area contributed by atoms with Gasteiger partial charge in [-0.1, -0.05) is 19.9 Å². The highest BCUT2D eigenvalue weighted by Crippen LogP contribution is 2.19. The number of carbonyl (C=O) groups is 1. The molecule has 7 heteroatoms. The number of rotatable bonds is 4. The number of carboxylic acid groups (broad SMARTS) is 1. The van der Waals surface area contributed by atoms with Crippen LogP contribution in [0.1, 0.15) is 48.3 Å². The van der Waals surface area contributed by atoms with E-state index in [2.05, 4.69) is 34.2 Å². The fraction of sp³-hybridized carbons (Fsp3) is 0.467. The van der Waals surface area contributed by atoms with Crippen LogP contribution in [0.25, 0.3) is 0 Å². The number of fused-ring (bicyclic) bond motifs is 1. The van der Waals surface area contributed by atoms with Gasteiger partial charge in [-0.2, -0.15) is 5.10 Å². The minimum Gasteiger partial charge on any atom is -0.477 e. The SMILES string of the molecule is CC(C)c1nc2n(n1)CC(Nc1cccc(C(=O)O)n1)CC2. The first-order valence-electron chi connectivity index (χ1n) is 7.43. The molecule has 0 fully saturated rings. The van der Waals surface area contributed by atoms with E-state index in [0.717, 1.165) is 24.5 Å². The van der Waals surface area contributed by atoms with E-state index in [1.807, 2.05) is 4.68 Å². The zero-order valence-corrected chi connectivity index (χ0v) is 12.7. The highest BCUT2D eigenvalue weighted by molar-refractivity contribution is 5.85. The molecule has 22 heavy (non-hydrogen) atoms. The van der Waals surface area contributed by atoms with Gasteiger partial charge in [0.2, 0.25) is 0 Å². The summed E-state index contributed by atoms with van der Waals surface area (Å²) in [5.74, 6) is 1.78. The summed E-state index contributed by atoms with van der Waals surface area (Å²) in [7, 11) is 0. The Morgan fingerprint density at radius 1 is 1.41 bits per heavy atom. The molecule has 116 valence electrons. The van der Waals surface area contributed by atoms with Crippen molar-refractivity contribution in [1.82, 2.24) is 19.7 Å². The van der Waals surface area contributed by atoms with Crippen molar-refractivity contribution in [3.63, 3.8) is 0 Å². The fourth-order valence-corrected chi connectivity index (χ4v) is 2.53. The zero-order valence-electron chi connectivity index (χ0n) is 12.7. The van der Waals surface area contributed by atoms with E-state index in [0.29, 0.717) is 18.3 Å². The molecule has 7 nitrogen and oxygen atoms in total. The molecule has 0 radical (unpaired) electrons. The lowest BCUT2D eigenvalue weighted by Gasteiger charge is -2.24. The Morgan fingerprint density at radius 2 is 2.23 bits per heavy atom. The summed E-state index contributed by atoms with van der Waals surface area (Å²) in [4.78, 5) is 19.6. The standard InChI is InChI=1S/C15H19N5O2/c1-9(2)14-18-13-7-6-10(8-20(13)19-14)16-12-5-3-4-11(17-12)15(21)22/h3-5,9-10H,6-8H2,1-2H3,(H,16,17)(H,21,22). The topological polar surface area (TPSA) is 92.9 Å². The van der Waals surface area contributed by atoms with Crippen LogP contribution in [0.4, 0.5) is 5.82 Å². The predicted molar refractivity (Wildman–Crippen MR) is 81.0 cm³/mol. The van der Waals surface area contributed by atoms with Crippen LogP contribution in [0.3, 0.4) is 0 Å². The monoisotopic (exact) mass is 301 g/mol. The molecule has 3 heterocycles. The molecule has 2 aromatic rings. The second-order valence-electron chi connectivity index (χ2n) is 5.82. The first kappa shape index (κ1) is 14.5. The molecular formula is C15H19N5O2. The lowest BCUT2D eigenvalue weighted by molar-refractivity contribution is 0.0690. The van der Waals surface area contributed by atoms with Crippen LogP contribution in [-0.2, 0) is 13.0 Å². The Labute approximate surface area is 128 Å². The smallest absolute Gasteiger partial charge is 0.354 e. The Morgan fingerprint density at radius 3 is 2.95 bits per heavy atom. The van der Waals surface area contributed by atoms with E-state index in [-0.39, 0.29) is 11.7 Å². The molecule has 0 aliphatic carbocycles. The number of pyridine rings is 1. The van der Waals surface area contributed by atoms with Gasteiger partial charge < -0.3 is 10.4 Å². The van der Waals surface area contributed by atoms with Crippen LogP contribution in [0, 0.1) is 0 Å². The van der Waals surface area contributed by atoms with Gasteiger partial charge in [0.25, 0.3) is 0 Å². The highest BCUT2D eigenvalue weighted by Gasteiger charge is 2.22. The average Bonchev–Trinajstić information content (AvgIpc) is 2.91. The van der Waals surface area contributed by atoms with E-state index < -0.39 is 5.97 Å². The molecule has 0 spiro atoms. The molecule has 0 amide bonds. The fourth-order valence-electron chi connectivity index (χ4n) is 2.53. The predicted octanol–water partition coefficient (Wildman–Crippen LogP) is 1.92. The van der Waals surface area contributed by atoms with Crippen molar-refractivity contribution in [2.45, 2.75) is 45.2 Å². The molecular weight excluding hydrogens is 282 g/mol. The van der Waals surface area contributed by atoms with Crippen LogP contribution in [-0.4, -0.2) is 36.9 Å². The van der Waals surface area contributed by atoms with E-state index in [4.69, 9.17) is 5.11 Å². The Kier molecular flexibility index (Phi) is 3.79. The van der Waals surface area contributed by atoms with E-state index in [9.17, 15) is 4.79 Å². The minimum atomic E-state index is -1.02. The summed E-state index contributed by atoms with van der Waals surface area (Å²) in [6.45, 7) is 4.88. The van der Waals surface area contributed by atoms with E-state index >= 15 is 0 Å². The normalized spacial score (nSPS) is 17.3. The molecule has 1 aliphatic heterocycles. The van der Waals surface area contributed by atoms with Crippen LogP contribution in [0.2, 0.25) is 0 Å². The first-order valence-corrected chi connectivity index (χ1v) is 7.43. The summed E-state index contributed by atoms with van der Waals surface area (Å²) in [6, 6.07) is 5.13. The third-order valence-corrected chi connectivity index (χ3v) is 3.71. The number of carboxylic acids is 1. The molecule has 0 bridgehead atoms. The summed E-state index contributed by atoms with van der Waals surface area (Å²) in [5, 5.41) is 16.8. The summed E-state index contributed by atoms with van der Waals surface area (Å²) >= 11 is 0. The Hall–Kier alpha value is -2.44. The minimum absolute atomic E-state index is 0.0457. The average molecular weight is 301 g/mol. The number of nitrogens with zero attached hydrogens (tertiary/aromatic N) is 4. The summed E-state index contributed by atoms with van der Waals surface area (Å²) in [6.07, 6.45) is 1.78. The van der Waals surface area contributed by atoms with Gasteiger partial charge >= 0.3 is 5.97 Å². The van der Waals surface area contributed by atoms with Crippen molar-refractivity contribution < 1.29 is 9.90 Å². The van der Waals surface area contributed by atoms with Crippen molar-refractivity contribution in [3.05, 3.63) is 35.5 Å². The van der Waals surface area contributed by atoms with E-state index in [1.54, 1.807) is 12.1 Å². The molecule has 1 unspecified atom stereocenters. The maximum atomic E-state index is 11.0. The number of hydrogen-bond donors (Lipinski definition) is 2. The van der Waals surface area contributed by atoms with Crippen LogP contribution >= 0.6 is 0 Å². The van der Waals surface area contributed by atoms with Crippen LogP contribution in [0.15, 0.2) is 18.2 Å². The number of anilines is 1. The number of aryl methyl sites for hydroxylation is 1. The number of aromatic carboxylic acids is 1. The van der Waals surface area contributed by atoms with Gasteiger partial charge in [0, 0.05) is 18.4 Å². The molecule has 0 saturated carbocycles. The van der Waals surface area contributed by atoms with Crippen molar-refractivity contribution >= 4 is 11.8 Å². The van der Waals surface area contributed by atoms with Crippen LogP contribution in [0.5, 0.6) is 0 Å². The molecule has 0 aromatic carbocycles. The quantitative estimate of drug-likeness (QED) is 0.896. The second-order valence-corrected chi connectivity index (χ2v) is 5.82. The lowest BCUT2D eigenvalue weighted by atomic mass is 10.1. The van der Waals surface area contributed by atoms with Gasteiger partial charge in [-0.3, -0.25) is 0 Å². The van der Waals surface area contributed by atoms with Crippen molar-refractivity contribution in [3.8, 4) is 0 Å². The third-order valence-electron chi connectivity index (χ3n) is 3.71. The molecule has 2 aromatic heterocycles. The third kappa shape index (κ3) is 2.93. The highest BCUT2D eigenvalue weighted by atomic mass is 16.4. The molecule has 2 N–H and O–H groups in total. The number of aromatic nitrogens is 4. The molecule has 3 rings (SSSR count). The van der Waals surface area contributed by atoms with Crippen molar-refractivity contribution in [1.29, 1.82) is 0 Å². The number of nitrogens with one attached hydrogen (secondary N) is 1. The van der Waals surface area contributed by atoms with E-state index in [1.165, 1.54) is 6.07 Å². The maximum Gasteiger partial charge on any atom is 0.354 e. The van der Waals surface area contributed by atoms with Crippen molar-refractivity contribution in [2.24, 2.45) is 0 Å². The number of hydrogen-bond acceptors (Lipinski definition) is 5. The van der Waals surface area contributed by atoms with Crippen molar-refractivity contribution in [2.75, 3.05) is 5.32 Å². The lowest BCUT2D eigenvalue weighted by Crippen LogP contribution is -2.32. The van der Waals surface area contributed by atoms with Gasteiger partial charge in [0.05, 0.1) is 6.54 Å². The van der Waals surface area contributed by atoms with Gasteiger partial charge in [0.1, 0.15) is 11.6 Å². The first-order chi connectivity index (χ1) is 10.5.